The first-order valence-corrected chi connectivity index (χ1v) is 5.60. The van der Waals surface area contributed by atoms with Gasteiger partial charge in [0.2, 0.25) is 0 Å². The highest BCUT2D eigenvalue weighted by molar-refractivity contribution is 9.10. The van der Waals surface area contributed by atoms with Crippen molar-refractivity contribution >= 4 is 15.9 Å². The topological polar surface area (TPSA) is 46.2 Å². The van der Waals surface area contributed by atoms with Crippen LogP contribution in [0.25, 0.3) is 0 Å². The van der Waals surface area contributed by atoms with Crippen LogP contribution in [0.5, 0.6) is 5.75 Å². The molecule has 0 bridgehead atoms. The molecule has 14 heavy (non-hydrogen) atoms. The second kappa shape index (κ2) is 4.80. The normalized spacial score (nSPS) is 12.9. The van der Waals surface area contributed by atoms with Crippen LogP contribution >= 0.6 is 15.9 Å². The summed E-state index contributed by atoms with van der Waals surface area (Å²) in [6.45, 7) is 3.96. The van der Waals surface area contributed by atoms with Crippen LogP contribution in [0.1, 0.15) is 36.9 Å². The highest BCUT2D eigenvalue weighted by Crippen LogP contribution is 2.31. The van der Waals surface area contributed by atoms with Crippen molar-refractivity contribution in [2.75, 3.05) is 0 Å². The Balaban J connectivity index is 3.07. The molecule has 78 valence electrons. The molecule has 0 aliphatic carbocycles. The van der Waals surface area contributed by atoms with Crippen LogP contribution < -0.4 is 5.73 Å². The summed E-state index contributed by atoms with van der Waals surface area (Å²) in [6.07, 6.45) is 1.91. The van der Waals surface area contributed by atoms with Gasteiger partial charge in [0.15, 0.2) is 0 Å². The van der Waals surface area contributed by atoms with Crippen LogP contribution in [0.3, 0.4) is 0 Å². The number of halogens is 1. The number of phenols is 1. The van der Waals surface area contributed by atoms with E-state index >= 15 is 0 Å². The lowest BCUT2D eigenvalue weighted by Crippen LogP contribution is -2.10. The molecule has 0 amide bonds. The van der Waals surface area contributed by atoms with Crippen molar-refractivity contribution < 1.29 is 5.11 Å². The Labute approximate surface area is 93.3 Å². The molecule has 0 heterocycles. The van der Waals surface area contributed by atoms with E-state index in [-0.39, 0.29) is 6.04 Å². The molecule has 0 saturated heterocycles. The molecule has 0 saturated carbocycles. The summed E-state index contributed by atoms with van der Waals surface area (Å²) in [5, 5.41) is 9.82. The molecule has 1 aromatic carbocycles. The van der Waals surface area contributed by atoms with Crippen LogP contribution in [0.2, 0.25) is 0 Å². The van der Waals surface area contributed by atoms with E-state index in [2.05, 4.69) is 22.9 Å². The molecule has 3 heteroatoms. The zero-order chi connectivity index (χ0) is 10.7. The van der Waals surface area contributed by atoms with Gasteiger partial charge in [-0.25, -0.2) is 0 Å². The predicted molar refractivity (Wildman–Crippen MR) is 62.4 cm³/mol. The van der Waals surface area contributed by atoms with Gasteiger partial charge in [-0.05, 0) is 31.0 Å². The van der Waals surface area contributed by atoms with Gasteiger partial charge in [-0.2, -0.15) is 0 Å². The number of aryl methyl sites for hydroxylation is 1. The predicted octanol–water partition coefficient (Wildman–Crippen LogP) is 3.26. The number of rotatable bonds is 3. The minimum Gasteiger partial charge on any atom is -0.507 e. The molecule has 0 aliphatic heterocycles. The molecule has 3 N–H and O–H groups in total. The Morgan fingerprint density at radius 1 is 1.50 bits per heavy atom. The molecule has 1 unspecified atom stereocenters. The second-order valence-corrected chi connectivity index (χ2v) is 4.47. The Bertz CT molecular complexity index is 325. The molecule has 1 rings (SSSR count). The first kappa shape index (κ1) is 11.5. The lowest BCUT2D eigenvalue weighted by Gasteiger charge is -2.14. The fourth-order valence-electron chi connectivity index (χ4n) is 1.51. The third-order valence-electron chi connectivity index (χ3n) is 2.29. The number of phenolic OH excluding ortho intramolecular Hbond substituents is 1. The summed E-state index contributed by atoms with van der Waals surface area (Å²) in [7, 11) is 0. The summed E-state index contributed by atoms with van der Waals surface area (Å²) in [6, 6.07) is 3.70. The third-order valence-corrected chi connectivity index (χ3v) is 2.75. The average molecular weight is 258 g/mol. The van der Waals surface area contributed by atoms with Gasteiger partial charge in [0.1, 0.15) is 5.75 Å². The van der Waals surface area contributed by atoms with Gasteiger partial charge in [-0.15, -0.1) is 0 Å². The lowest BCUT2D eigenvalue weighted by molar-refractivity contribution is 0.454. The molecule has 0 aromatic heterocycles. The van der Waals surface area contributed by atoms with Crippen molar-refractivity contribution in [2.24, 2.45) is 5.73 Å². The van der Waals surface area contributed by atoms with E-state index in [4.69, 9.17) is 5.73 Å². The SMILES string of the molecule is CCCC(N)c1cc(Br)cc(C)c1O. The van der Waals surface area contributed by atoms with Crippen molar-refractivity contribution in [3.05, 3.63) is 27.7 Å². The second-order valence-electron chi connectivity index (χ2n) is 3.56. The zero-order valence-corrected chi connectivity index (χ0v) is 10.1. The molecule has 1 atom stereocenters. The average Bonchev–Trinajstić information content (AvgIpc) is 2.11. The maximum Gasteiger partial charge on any atom is 0.123 e. The first-order valence-electron chi connectivity index (χ1n) is 4.80. The summed E-state index contributed by atoms with van der Waals surface area (Å²) in [5.41, 5.74) is 7.66. The standard InChI is InChI=1S/C11H16BrNO/c1-3-4-10(13)9-6-8(12)5-7(2)11(9)14/h5-6,10,14H,3-4,13H2,1-2H3. The van der Waals surface area contributed by atoms with Gasteiger partial charge in [-0.1, -0.05) is 29.3 Å². The molecule has 1 aromatic rings. The molecule has 0 aliphatic rings. The van der Waals surface area contributed by atoms with E-state index in [1.807, 2.05) is 19.1 Å². The van der Waals surface area contributed by atoms with Crippen LogP contribution in [0.15, 0.2) is 16.6 Å². The molecular weight excluding hydrogens is 242 g/mol. The minimum atomic E-state index is -0.0730. The molecule has 2 nitrogen and oxygen atoms in total. The molecule has 0 spiro atoms. The van der Waals surface area contributed by atoms with Crippen LogP contribution in [-0.2, 0) is 0 Å². The van der Waals surface area contributed by atoms with Crippen LogP contribution in [-0.4, -0.2) is 5.11 Å². The minimum absolute atomic E-state index is 0.0730. The van der Waals surface area contributed by atoms with Crippen molar-refractivity contribution in [1.29, 1.82) is 0 Å². The van der Waals surface area contributed by atoms with Gasteiger partial charge in [-0.3, -0.25) is 0 Å². The summed E-state index contributed by atoms with van der Waals surface area (Å²) >= 11 is 3.40. The Morgan fingerprint density at radius 3 is 2.71 bits per heavy atom. The Morgan fingerprint density at radius 2 is 2.14 bits per heavy atom. The van der Waals surface area contributed by atoms with Crippen LogP contribution in [0.4, 0.5) is 0 Å². The molecular formula is C11H16BrNO. The Hall–Kier alpha value is -0.540. The largest absolute Gasteiger partial charge is 0.507 e. The number of aromatic hydroxyl groups is 1. The maximum atomic E-state index is 9.82. The number of benzene rings is 1. The number of hydrogen-bond acceptors (Lipinski definition) is 2. The fourth-order valence-corrected chi connectivity index (χ4v) is 2.10. The van der Waals surface area contributed by atoms with Gasteiger partial charge >= 0.3 is 0 Å². The third kappa shape index (κ3) is 2.49. The quantitative estimate of drug-likeness (QED) is 0.874. The van der Waals surface area contributed by atoms with Gasteiger partial charge in [0, 0.05) is 16.1 Å². The number of nitrogens with two attached hydrogens (primary N) is 1. The number of hydrogen-bond donors (Lipinski definition) is 2. The summed E-state index contributed by atoms with van der Waals surface area (Å²) in [4.78, 5) is 0. The van der Waals surface area contributed by atoms with Crippen molar-refractivity contribution in [3.8, 4) is 5.75 Å². The lowest BCUT2D eigenvalue weighted by atomic mass is 10.00. The first-order chi connectivity index (χ1) is 6.56. The van der Waals surface area contributed by atoms with Crippen molar-refractivity contribution in [3.63, 3.8) is 0 Å². The van der Waals surface area contributed by atoms with Gasteiger partial charge in [0.05, 0.1) is 0 Å². The zero-order valence-electron chi connectivity index (χ0n) is 8.55. The van der Waals surface area contributed by atoms with Gasteiger partial charge < -0.3 is 10.8 Å². The van der Waals surface area contributed by atoms with E-state index in [0.29, 0.717) is 5.75 Å². The summed E-state index contributed by atoms with van der Waals surface area (Å²) < 4.78 is 0.967. The van der Waals surface area contributed by atoms with E-state index in [9.17, 15) is 5.11 Å². The smallest absolute Gasteiger partial charge is 0.123 e. The Kier molecular flexibility index (Phi) is 3.96. The van der Waals surface area contributed by atoms with E-state index in [1.54, 1.807) is 0 Å². The molecule has 0 radical (unpaired) electrons. The highest BCUT2D eigenvalue weighted by Gasteiger charge is 2.12. The highest BCUT2D eigenvalue weighted by atomic mass is 79.9. The summed E-state index contributed by atoms with van der Waals surface area (Å²) in [5.74, 6) is 0.328. The van der Waals surface area contributed by atoms with E-state index in [0.717, 1.165) is 28.4 Å². The van der Waals surface area contributed by atoms with E-state index < -0.39 is 0 Å². The van der Waals surface area contributed by atoms with Gasteiger partial charge in [0.25, 0.3) is 0 Å². The van der Waals surface area contributed by atoms with Crippen LogP contribution in [0, 0.1) is 6.92 Å². The fraction of sp³-hybridized carbons (Fsp3) is 0.455. The van der Waals surface area contributed by atoms with Crippen molar-refractivity contribution in [2.45, 2.75) is 32.7 Å². The van der Waals surface area contributed by atoms with Crippen molar-refractivity contribution in [1.82, 2.24) is 0 Å². The monoisotopic (exact) mass is 257 g/mol. The maximum absolute atomic E-state index is 9.82. The molecule has 0 fully saturated rings. The van der Waals surface area contributed by atoms with E-state index in [1.165, 1.54) is 0 Å².